The minimum atomic E-state index is -0.117. The zero-order chi connectivity index (χ0) is 21.8. The third-order valence-electron chi connectivity index (χ3n) is 5.52. The number of hydrogen-bond donors (Lipinski definition) is 0. The molecule has 2 aliphatic rings. The van der Waals surface area contributed by atoms with Crippen LogP contribution in [0.4, 0.5) is 0 Å². The molecule has 0 saturated carbocycles. The maximum absolute atomic E-state index is 12.7. The Hall–Kier alpha value is -3.36. The summed E-state index contributed by atoms with van der Waals surface area (Å²) in [5.74, 6) is 1.92. The van der Waals surface area contributed by atoms with Gasteiger partial charge in [-0.25, -0.2) is 4.98 Å². The maximum atomic E-state index is 12.7. The van der Waals surface area contributed by atoms with Crippen LogP contribution in [0.2, 0.25) is 0 Å². The second-order valence-electron chi connectivity index (χ2n) is 7.85. The summed E-state index contributed by atoms with van der Waals surface area (Å²) in [5, 5.41) is 0. The third kappa shape index (κ3) is 4.76. The van der Waals surface area contributed by atoms with Crippen LogP contribution < -0.4 is 9.47 Å². The molecule has 0 N–H and O–H groups in total. The molecule has 0 radical (unpaired) electrons. The lowest BCUT2D eigenvalue weighted by Crippen LogP contribution is -2.40. The summed E-state index contributed by atoms with van der Waals surface area (Å²) < 4.78 is 21.9. The Kier molecular flexibility index (Phi) is 6.04. The molecule has 1 fully saturated rings. The van der Waals surface area contributed by atoms with Crippen molar-refractivity contribution in [2.24, 2.45) is 0 Å². The van der Waals surface area contributed by atoms with Crippen LogP contribution in [-0.2, 0) is 24.4 Å². The zero-order valence-corrected chi connectivity index (χ0v) is 17.7. The van der Waals surface area contributed by atoms with Gasteiger partial charge in [-0.05, 0) is 23.3 Å². The molecule has 1 aromatic heterocycles. The van der Waals surface area contributed by atoms with E-state index >= 15 is 0 Å². The molecule has 0 spiro atoms. The fourth-order valence-electron chi connectivity index (χ4n) is 3.91. The standard InChI is InChI=1S/C24H25N3O5/c28-24(27-8-10-29-11-9-27)20-16-30-23(25-20)15-26(13-18-4-2-1-3-5-18)14-19-6-7-21-22(12-19)32-17-31-21/h1-7,12,16H,8-11,13-15,17H2. The van der Waals surface area contributed by atoms with Crippen molar-refractivity contribution in [1.82, 2.24) is 14.8 Å². The van der Waals surface area contributed by atoms with Crippen LogP contribution in [0, 0.1) is 0 Å². The van der Waals surface area contributed by atoms with Gasteiger partial charge in [-0.3, -0.25) is 9.69 Å². The molecule has 8 nitrogen and oxygen atoms in total. The van der Waals surface area contributed by atoms with Crippen molar-refractivity contribution < 1.29 is 23.4 Å². The Balaban J connectivity index is 1.31. The minimum Gasteiger partial charge on any atom is -0.454 e. The number of nitrogens with zero attached hydrogens (tertiary/aromatic N) is 3. The molecule has 5 rings (SSSR count). The van der Waals surface area contributed by atoms with Crippen molar-refractivity contribution >= 4 is 5.91 Å². The van der Waals surface area contributed by atoms with Gasteiger partial charge in [0.15, 0.2) is 17.2 Å². The Bertz CT molecular complexity index is 1060. The van der Waals surface area contributed by atoms with Crippen molar-refractivity contribution in [3.8, 4) is 11.5 Å². The Morgan fingerprint density at radius 2 is 1.72 bits per heavy atom. The molecule has 8 heteroatoms. The number of fused-ring (bicyclic) bond motifs is 1. The van der Waals surface area contributed by atoms with E-state index in [0.717, 1.165) is 17.1 Å². The first kappa shape index (κ1) is 20.5. The lowest BCUT2D eigenvalue weighted by atomic mass is 10.1. The highest BCUT2D eigenvalue weighted by molar-refractivity contribution is 5.92. The van der Waals surface area contributed by atoms with Gasteiger partial charge in [0.05, 0.1) is 19.8 Å². The van der Waals surface area contributed by atoms with Gasteiger partial charge < -0.3 is 23.5 Å². The lowest BCUT2D eigenvalue weighted by molar-refractivity contribution is 0.0299. The number of ether oxygens (including phenoxy) is 3. The Morgan fingerprint density at radius 1 is 0.938 bits per heavy atom. The van der Waals surface area contributed by atoms with Crippen LogP contribution in [0.3, 0.4) is 0 Å². The van der Waals surface area contributed by atoms with Crippen LogP contribution in [0.25, 0.3) is 0 Å². The normalized spacial score (nSPS) is 15.3. The van der Waals surface area contributed by atoms with Gasteiger partial charge in [-0.1, -0.05) is 36.4 Å². The van der Waals surface area contributed by atoms with Gasteiger partial charge >= 0.3 is 0 Å². The first-order chi connectivity index (χ1) is 15.7. The number of benzene rings is 2. The van der Waals surface area contributed by atoms with Crippen molar-refractivity contribution in [1.29, 1.82) is 0 Å². The number of aromatic nitrogens is 1. The molecule has 32 heavy (non-hydrogen) atoms. The number of amides is 1. The first-order valence-electron chi connectivity index (χ1n) is 10.7. The summed E-state index contributed by atoms with van der Waals surface area (Å²) in [6.07, 6.45) is 1.45. The van der Waals surface area contributed by atoms with E-state index in [-0.39, 0.29) is 12.7 Å². The summed E-state index contributed by atoms with van der Waals surface area (Å²) in [6, 6.07) is 16.2. The van der Waals surface area contributed by atoms with Gasteiger partial charge in [-0.2, -0.15) is 0 Å². The number of rotatable bonds is 7. The Morgan fingerprint density at radius 3 is 2.56 bits per heavy atom. The van der Waals surface area contributed by atoms with Gasteiger partial charge in [0.25, 0.3) is 5.91 Å². The smallest absolute Gasteiger partial charge is 0.275 e. The highest BCUT2D eigenvalue weighted by atomic mass is 16.7. The van der Waals surface area contributed by atoms with E-state index in [0.29, 0.717) is 57.5 Å². The number of morpholine rings is 1. The first-order valence-corrected chi connectivity index (χ1v) is 10.7. The lowest BCUT2D eigenvalue weighted by Gasteiger charge is -2.25. The highest BCUT2D eigenvalue weighted by Crippen LogP contribution is 2.33. The maximum Gasteiger partial charge on any atom is 0.275 e. The van der Waals surface area contributed by atoms with Crippen molar-refractivity contribution in [2.75, 3.05) is 33.1 Å². The number of carbonyl (C=O) groups is 1. The fraction of sp³-hybridized carbons (Fsp3) is 0.333. The molecule has 3 heterocycles. The molecular formula is C24H25N3O5. The third-order valence-corrected chi connectivity index (χ3v) is 5.52. The molecule has 0 aliphatic carbocycles. The summed E-state index contributed by atoms with van der Waals surface area (Å²) >= 11 is 0. The fourth-order valence-corrected chi connectivity index (χ4v) is 3.91. The largest absolute Gasteiger partial charge is 0.454 e. The SMILES string of the molecule is O=C(c1coc(CN(Cc2ccccc2)Cc2ccc3c(c2)OCO3)n1)N1CCOCC1. The average Bonchev–Trinajstić information content (AvgIpc) is 3.49. The average molecular weight is 435 g/mol. The van der Waals surface area contributed by atoms with E-state index < -0.39 is 0 Å². The number of hydrogen-bond acceptors (Lipinski definition) is 7. The van der Waals surface area contributed by atoms with Crippen molar-refractivity contribution in [2.45, 2.75) is 19.6 Å². The van der Waals surface area contributed by atoms with Gasteiger partial charge in [0.1, 0.15) is 6.26 Å². The molecule has 0 bridgehead atoms. The van der Waals surface area contributed by atoms with Crippen molar-refractivity contribution in [3.05, 3.63) is 77.5 Å². The Labute approximate surface area is 186 Å². The predicted molar refractivity (Wildman–Crippen MR) is 115 cm³/mol. The summed E-state index contributed by atoms with van der Waals surface area (Å²) in [5.41, 5.74) is 2.62. The van der Waals surface area contributed by atoms with Crippen molar-refractivity contribution in [3.63, 3.8) is 0 Å². The monoisotopic (exact) mass is 435 g/mol. The molecule has 0 atom stereocenters. The molecule has 1 saturated heterocycles. The van der Waals surface area contributed by atoms with Crippen LogP contribution >= 0.6 is 0 Å². The number of oxazole rings is 1. The number of carbonyl (C=O) groups excluding carboxylic acids is 1. The van der Waals surface area contributed by atoms with E-state index in [9.17, 15) is 4.79 Å². The summed E-state index contributed by atoms with van der Waals surface area (Å²) in [4.78, 5) is 21.2. The molecule has 2 aliphatic heterocycles. The van der Waals surface area contributed by atoms with Crippen LogP contribution in [-0.4, -0.2) is 53.8 Å². The quantitative estimate of drug-likeness (QED) is 0.564. The minimum absolute atomic E-state index is 0.117. The van der Waals surface area contributed by atoms with E-state index in [1.165, 1.54) is 11.8 Å². The van der Waals surface area contributed by atoms with Gasteiger partial charge in [0, 0.05) is 26.2 Å². The highest BCUT2D eigenvalue weighted by Gasteiger charge is 2.23. The summed E-state index contributed by atoms with van der Waals surface area (Å²) in [7, 11) is 0. The predicted octanol–water partition coefficient (Wildman–Crippen LogP) is 3.08. The van der Waals surface area contributed by atoms with E-state index in [4.69, 9.17) is 18.6 Å². The second kappa shape index (κ2) is 9.42. The summed E-state index contributed by atoms with van der Waals surface area (Å²) in [6.45, 7) is 4.36. The molecule has 166 valence electrons. The molecule has 3 aromatic rings. The van der Waals surface area contributed by atoms with E-state index in [1.54, 1.807) is 4.90 Å². The zero-order valence-electron chi connectivity index (χ0n) is 17.7. The topological polar surface area (TPSA) is 77.3 Å². The van der Waals surface area contributed by atoms with Crippen LogP contribution in [0.1, 0.15) is 27.5 Å². The van der Waals surface area contributed by atoms with Crippen LogP contribution in [0.15, 0.2) is 59.2 Å². The van der Waals surface area contributed by atoms with Gasteiger partial charge in [-0.15, -0.1) is 0 Å². The molecule has 2 aromatic carbocycles. The molecule has 1 amide bonds. The molecular weight excluding hydrogens is 410 g/mol. The van der Waals surface area contributed by atoms with Gasteiger partial charge in [0.2, 0.25) is 12.7 Å². The van der Waals surface area contributed by atoms with E-state index in [1.807, 2.05) is 36.4 Å². The van der Waals surface area contributed by atoms with Crippen LogP contribution in [0.5, 0.6) is 11.5 Å². The second-order valence-corrected chi connectivity index (χ2v) is 7.85. The molecule has 0 unspecified atom stereocenters. The van der Waals surface area contributed by atoms with E-state index in [2.05, 4.69) is 22.0 Å².